The molecule has 1 aromatic carbocycles. The van der Waals surface area contributed by atoms with E-state index < -0.39 is 11.5 Å². The highest BCUT2D eigenvalue weighted by Crippen LogP contribution is 2.16. The second kappa shape index (κ2) is 12.0. The van der Waals surface area contributed by atoms with Gasteiger partial charge in [-0.05, 0) is 31.2 Å². The molecule has 30 heavy (non-hydrogen) atoms. The molecule has 1 saturated heterocycles. The Bertz CT molecular complexity index is 784. The van der Waals surface area contributed by atoms with Crippen LogP contribution in [0.25, 0.3) is 0 Å². The number of carbonyl (C=O) groups excluding carboxylic acids is 4. The summed E-state index contributed by atoms with van der Waals surface area (Å²) in [5, 5.41) is 11.3. The minimum absolute atomic E-state index is 0.0902. The summed E-state index contributed by atoms with van der Waals surface area (Å²) in [6.45, 7) is 5.93. The van der Waals surface area contributed by atoms with Crippen molar-refractivity contribution in [2.75, 3.05) is 24.2 Å². The van der Waals surface area contributed by atoms with Crippen molar-refractivity contribution in [1.82, 2.24) is 16.0 Å². The van der Waals surface area contributed by atoms with Crippen molar-refractivity contribution in [3.05, 3.63) is 42.5 Å². The lowest BCUT2D eigenvalue weighted by Crippen LogP contribution is -2.56. The average molecular weight is 435 g/mol. The number of nitrogens with one attached hydrogen (secondary N) is 4. The van der Waals surface area contributed by atoms with Crippen molar-refractivity contribution < 1.29 is 23.9 Å². The molecule has 1 fully saturated rings. The van der Waals surface area contributed by atoms with E-state index in [9.17, 15) is 19.2 Å². The number of carbonyl (C=O) groups is 4. The van der Waals surface area contributed by atoms with E-state index in [4.69, 9.17) is 4.74 Å². The molecule has 2 rings (SSSR count). The SMILES string of the molecule is C=CCNC(=O)CC1CC(=O)NC(SCC(=O)Nc2ccc(C(=O)OCC)cc2)N1. The van der Waals surface area contributed by atoms with Gasteiger partial charge in [-0.25, -0.2) is 4.79 Å². The molecule has 1 aliphatic heterocycles. The van der Waals surface area contributed by atoms with Gasteiger partial charge in [-0.2, -0.15) is 0 Å². The van der Waals surface area contributed by atoms with Crippen LogP contribution < -0.4 is 21.3 Å². The monoisotopic (exact) mass is 434 g/mol. The Hall–Kier alpha value is -2.85. The third kappa shape index (κ3) is 7.88. The van der Waals surface area contributed by atoms with E-state index in [2.05, 4.69) is 27.8 Å². The average Bonchev–Trinajstić information content (AvgIpc) is 2.71. The van der Waals surface area contributed by atoms with E-state index in [0.29, 0.717) is 24.4 Å². The lowest BCUT2D eigenvalue weighted by molar-refractivity contribution is -0.125. The number of anilines is 1. The van der Waals surface area contributed by atoms with Crippen LogP contribution in [0.3, 0.4) is 0 Å². The van der Waals surface area contributed by atoms with Crippen LogP contribution in [-0.2, 0) is 19.1 Å². The molecule has 3 amide bonds. The third-order valence-electron chi connectivity index (χ3n) is 4.05. The summed E-state index contributed by atoms with van der Waals surface area (Å²) >= 11 is 1.21. The zero-order valence-corrected chi connectivity index (χ0v) is 17.6. The number of thioether (sulfide) groups is 1. The van der Waals surface area contributed by atoms with E-state index >= 15 is 0 Å². The van der Waals surface area contributed by atoms with Crippen molar-refractivity contribution in [1.29, 1.82) is 0 Å². The highest BCUT2D eigenvalue weighted by molar-refractivity contribution is 8.00. The molecule has 1 heterocycles. The van der Waals surface area contributed by atoms with Crippen LogP contribution in [0.2, 0.25) is 0 Å². The Kier molecular flexibility index (Phi) is 9.36. The first kappa shape index (κ1) is 23.4. The predicted molar refractivity (Wildman–Crippen MR) is 115 cm³/mol. The highest BCUT2D eigenvalue weighted by Gasteiger charge is 2.27. The maximum absolute atomic E-state index is 12.2. The fourth-order valence-corrected chi connectivity index (χ4v) is 3.60. The van der Waals surface area contributed by atoms with Crippen molar-refractivity contribution in [3.8, 4) is 0 Å². The standard InChI is InChI=1S/C20H26N4O5S/c1-3-9-21-16(25)10-15-11-17(26)24-20(23-15)30-12-18(27)22-14-7-5-13(6-8-14)19(28)29-4-2/h3,5-8,15,20,23H,1,4,9-12H2,2H3,(H,21,25)(H,22,27)(H,24,26). The fourth-order valence-electron chi connectivity index (χ4n) is 2.71. The molecule has 2 unspecified atom stereocenters. The van der Waals surface area contributed by atoms with Crippen molar-refractivity contribution in [3.63, 3.8) is 0 Å². The van der Waals surface area contributed by atoms with E-state index in [-0.39, 0.29) is 42.4 Å². The lowest BCUT2D eigenvalue weighted by atomic mass is 10.1. The van der Waals surface area contributed by atoms with Crippen LogP contribution in [0.1, 0.15) is 30.1 Å². The van der Waals surface area contributed by atoms with Gasteiger partial charge in [0.15, 0.2) is 0 Å². The Labute approximate surface area is 179 Å². The van der Waals surface area contributed by atoms with E-state index in [1.54, 1.807) is 37.3 Å². The van der Waals surface area contributed by atoms with E-state index in [1.807, 2.05) is 0 Å². The molecule has 1 aromatic rings. The summed E-state index contributed by atoms with van der Waals surface area (Å²) in [6, 6.07) is 6.08. The van der Waals surface area contributed by atoms with Crippen LogP contribution in [0.4, 0.5) is 5.69 Å². The number of ether oxygens (including phenoxy) is 1. The molecule has 10 heteroatoms. The minimum atomic E-state index is -0.472. The molecule has 0 aromatic heterocycles. The second-order valence-corrected chi connectivity index (χ2v) is 7.56. The van der Waals surface area contributed by atoms with Gasteiger partial charge in [0.05, 0.1) is 17.9 Å². The molecule has 9 nitrogen and oxygen atoms in total. The molecule has 0 saturated carbocycles. The first-order valence-corrected chi connectivity index (χ1v) is 10.6. The van der Waals surface area contributed by atoms with Gasteiger partial charge >= 0.3 is 5.97 Å². The number of hydrogen-bond acceptors (Lipinski definition) is 7. The maximum Gasteiger partial charge on any atom is 0.338 e. The molecule has 0 bridgehead atoms. The van der Waals surface area contributed by atoms with Crippen LogP contribution in [-0.4, -0.2) is 54.1 Å². The summed E-state index contributed by atoms with van der Waals surface area (Å²) in [7, 11) is 0. The van der Waals surface area contributed by atoms with Crippen LogP contribution in [0.5, 0.6) is 0 Å². The molecule has 0 aliphatic carbocycles. The predicted octanol–water partition coefficient (Wildman–Crippen LogP) is 0.989. The summed E-state index contributed by atoms with van der Waals surface area (Å²) in [5.41, 5.74) is 0.480. The van der Waals surface area contributed by atoms with Gasteiger partial charge in [-0.15, -0.1) is 18.3 Å². The van der Waals surface area contributed by atoms with E-state index in [1.165, 1.54) is 11.8 Å². The van der Waals surface area contributed by atoms with Gasteiger partial charge in [0.1, 0.15) is 5.50 Å². The van der Waals surface area contributed by atoms with Crippen molar-refractivity contribution >= 4 is 41.1 Å². The van der Waals surface area contributed by atoms with Gasteiger partial charge < -0.3 is 20.7 Å². The topological polar surface area (TPSA) is 126 Å². The molecule has 2 atom stereocenters. The van der Waals surface area contributed by atoms with Gasteiger partial charge in [0, 0.05) is 31.1 Å². The minimum Gasteiger partial charge on any atom is -0.462 e. The maximum atomic E-state index is 12.2. The van der Waals surface area contributed by atoms with Crippen LogP contribution in [0.15, 0.2) is 36.9 Å². The number of rotatable bonds is 10. The number of amides is 3. The smallest absolute Gasteiger partial charge is 0.338 e. The summed E-state index contributed by atoms with van der Waals surface area (Å²) in [6.07, 6.45) is 1.94. The summed E-state index contributed by atoms with van der Waals surface area (Å²) in [4.78, 5) is 47.6. The first-order chi connectivity index (χ1) is 14.4. The van der Waals surface area contributed by atoms with Crippen LogP contribution >= 0.6 is 11.8 Å². The normalized spacial score (nSPS) is 18.1. The van der Waals surface area contributed by atoms with Crippen molar-refractivity contribution in [2.45, 2.75) is 31.3 Å². The largest absolute Gasteiger partial charge is 0.462 e. The Morgan fingerprint density at radius 2 is 2.00 bits per heavy atom. The lowest BCUT2D eigenvalue weighted by Gasteiger charge is -2.30. The first-order valence-electron chi connectivity index (χ1n) is 9.53. The fraction of sp³-hybridized carbons (Fsp3) is 0.400. The Balaban J connectivity index is 1.79. The quantitative estimate of drug-likeness (QED) is 0.320. The summed E-state index contributed by atoms with van der Waals surface area (Å²) < 4.78 is 4.91. The Morgan fingerprint density at radius 3 is 2.67 bits per heavy atom. The number of benzene rings is 1. The molecule has 162 valence electrons. The molecule has 1 aliphatic rings. The van der Waals surface area contributed by atoms with Gasteiger partial charge in [0.2, 0.25) is 17.7 Å². The van der Waals surface area contributed by atoms with Gasteiger partial charge in [-0.1, -0.05) is 6.08 Å². The number of hydrogen-bond donors (Lipinski definition) is 4. The molecule has 0 spiro atoms. The van der Waals surface area contributed by atoms with Gasteiger partial charge in [0.25, 0.3) is 0 Å². The number of esters is 1. The van der Waals surface area contributed by atoms with E-state index in [0.717, 1.165) is 0 Å². The molecular weight excluding hydrogens is 408 g/mol. The van der Waals surface area contributed by atoms with Crippen molar-refractivity contribution in [2.24, 2.45) is 0 Å². The van der Waals surface area contributed by atoms with Crippen LogP contribution in [0, 0.1) is 0 Å². The zero-order valence-electron chi connectivity index (χ0n) is 16.7. The Morgan fingerprint density at radius 1 is 1.27 bits per heavy atom. The summed E-state index contributed by atoms with van der Waals surface area (Å²) in [5.74, 6) is -0.936. The molecule has 4 N–H and O–H groups in total. The third-order valence-corrected chi connectivity index (χ3v) is 5.06. The highest BCUT2D eigenvalue weighted by atomic mass is 32.2. The zero-order chi connectivity index (χ0) is 21.9. The molecular formula is C20H26N4O5S. The second-order valence-electron chi connectivity index (χ2n) is 6.47. The van der Waals surface area contributed by atoms with Gasteiger partial charge in [-0.3, -0.25) is 19.7 Å². The molecule has 0 radical (unpaired) electrons.